The number of aryl methyl sites for hydroxylation is 1. The zero-order valence-electron chi connectivity index (χ0n) is 15.6. The van der Waals surface area contributed by atoms with Gasteiger partial charge < -0.3 is 5.32 Å². The molecular weight excluding hydrogens is 367 g/mol. The number of alkyl halides is 3. The molecule has 1 amide bonds. The van der Waals surface area contributed by atoms with Gasteiger partial charge in [-0.2, -0.15) is 13.2 Å². The highest BCUT2D eigenvalue weighted by Crippen LogP contribution is 2.38. The quantitative estimate of drug-likeness (QED) is 0.811. The Labute approximate surface area is 161 Å². The summed E-state index contributed by atoms with van der Waals surface area (Å²) in [5, 5.41) is 6.42. The summed E-state index contributed by atoms with van der Waals surface area (Å²) < 4.78 is 38.4. The molecule has 28 heavy (non-hydrogen) atoms. The van der Waals surface area contributed by atoms with Crippen molar-refractivity contribution in [3.8, 4) is 11.1 Å². The maximum atomic E-state index is 12.8. The van der Waals surface area contributed by atoms with E-state index in [-0.39, 0.29) is 11.9 Å². The van der Waals surface area contributed by atoms with Crippen molar-refractivity contribution >= 4 is 5.91 Å². The van der Waals surface area contributed by atoms with Gasteiger partial charge in [0.05, 0.1) is 22.8 Å². The van der Waals surface area contributed by atoms with Crippen molar-refractivity contribution in [3.63, 3.8) is 0 Å². The maximum absolute atomic E-state index is 12.8. The molecule has 0 saturated carbocycles. The van der Waals surface area contributed by atoms with E-state index in [2.05, 4.69) is 15.6 Å². The Morgan fingerprint density at radius 3 is 2.54 bits per heavy atom. The van der Waals surface area contributed by atoms with E-state index in [1.165, 1.54) is 12.1 Å². The van der Waals surface area contributed by atoms with Crippen molar-refractivity contribution < 1.29 is 18.0 Å². The summed E-state index contributed by atoms with van der Waals surface area (Å²) >= 11 is 0. The number of piperidine rings is 1. The van der Waals surface area contributed by atoms with Crippen LogP contribution < -0.4 is 10.6 Å². The number of pyridine rings is 1. The van der Waals surface area contributed by atoms with Gasteiger partial charge in [0.1, 0.15) is 0 Å². The Morgan fingerprint density at radius 1 is 1.11 bits per heavy atom. The summed E-state index contributed by atoms with van der Waals surface area (Å²) in [6.45, 7) is 2.59. The van der Waals surface area contributed by atoms with Crippen molar-refractivity contribution in [3.05, 3.63) is 53.3 Å². The van der Waals surface area contributed by atoms with E-state index >= 15 is 0 Å². The molecule has 1 spiro atoms. The lowest BCUT2D eigenvalue weighted by Gasteiger charge is -2.33. The SMILES string of the molecule is Cc1cc(-c2ccc(C(F)(F)F)cc2)cc(C2CCC3(CCCNC3=O)N2)n1. The predicted octanol–water partition coefficient (Wildman–Crippen LogP) is 4.15. The molecule has 2 aliphatic heterocycles. The zero-order valence-corrected chi connectivity index (χ0v) is 15.6. The number of hydrogen-bond donors (Lipinski definition) is 2. The van der Waals surface area contributed by atoms with Crippen molar-refractivity contribution in [1.82, 2.24) is 15.6 Å². The molecule has 2 aliphatic rings. The lowest BCUT2D eigenvalue weighted by atomic mass is 9.88. The van der Waals surface area contributed by atoms with Gasteiger partial charge in [0.25, 0.3) is 0 Å². The minimum Gasteiger partial charge on any atom is -0.354 e. The first-order valence-corrected chi connectivity index (χ1v) is 9.49. The third-order valence-electron chi connectivity index (χ3n) is 5.69. The molecule has 3 heterocycles. The summed E-state index contributed by atoms with van der Waals surface area (Å²) in [6, 6.07) is 8.90. The van der Waals surface area contributed by atoms with Crippen LogP contribution in [0.5, 0.6) is 0 Å². The van der Waals surface area contributed by atoms with Crippen LogP contribution in [0.2, 0.25) is 0 Å². The smallest absolute Gasteiger partial charge is 0.354 e. The van der Waals surface area contributed by atoms with E-state index in [1.807, 2.05) is 19.1 Å². The molecule has 0 radical (unpaired) electrons. The first-order chi connectivity index (χ1) is 13.3. The number of hydrogen-bond acceptors (Lipinski definition) is 3. The number of amides is 1. The van der Waals surface area contributed by atoms with Gasteiger partial charge in [-0.05, 0) is 68.0 Å². The Bertz CT molecular complexity index is 895. The third kappa shape index (κ3) is 3.51. The fraction of sp³-hybridized carbons (Fsp3) is 0.429. The molecule has 2 unspecified atom stereocenters. The summed E-state index contributed by atoms with van der Waals surface area (Å²) in [5.41, 5.74) is 1.97. The van der Waals surface area contributed by atoms with Gasteiger partial charge in [-0.1, -0.05) is 12.1 Å². The van der Waals surface area contributed by atoms with Crippen molar-refractivity contribution in [2.24, 2.45) is 0 Å². The summed E-state index contributed by atoms with van der Waals surface area (Å²) in [4.78, 5) is 17.0. The number of carbonyl (C=O) groups excluding carboxylic acids is 1. The number of halogens is 3. The molecule has 1 aromatic heterocycles. The van der Waals surface area contributed by atoms with Gasteiger partial charge in [0.15, 0.2) is 0 Å². The summed E-state index contributed by atoms with van der Waals surface area (Å²) in [6.07, 6.45) is -1.03. The number of aromatic nitrogens is 1. The van der Waals surface area contributed by atoms with Gasteiger partial charge in [0, 0.05) is 12.2 Å². The van der Waals surface area contributed by atoms with Crippen LogP contribution in [0.3, 0.4) is 0 Å². The topological polar surface area (TPSA) is 54.0 Å². The highest BCUT2D eigenvalue weighted by molar-refractivity contribution is 5.87. The van der Waals surface area contributed by atoms with Crippen molar-refractivity contribution in [1.29, 1.82) is 0 Å². The van der Waals surface area contributed by atoms with Gasteiger partial charge >= 0.3 is 6.18 Å². The monoisotopic (exact) mass is 389 g/mol. The fourth-order valence-electron chi connectivity index (χ4n) is 4.23. The first kappa shape index (κ1) is 18.9. The molecule has 1 aromatic carbocycles. The Balaban J connectivity index is 1.60. The molecule has 7 heteroatoms. The van der Waals surface area contributed by atoms with Crippen LogP contribution in [0.4, 0.5) is 13.2 Å². The minimum absolute atomic E-state index is 0.0445. The molecule has 4 rings (SSSR count). The van der Waals surface area contributed by atoms with E-state index in [0.717, 1.165) is 54.8 Å². The zero-order chi connectivity index (χ0) is 19.9. The van der Waals surface area contributed by atoms with Crippen LogP contribution in [0.25, 0.3) is 11.1 Å². The van der Waals surface area contributed by atoms with E-state index in [9.17, 15) is 18.0 Å². The average molecular weight is 389 g/mol. The van der Waals surface area contributed by atoms with Gasteiger partial charge in [-0.25, -0.2) is 0 Å². The minimum atomic E-state index is -4.35. The second-order valence-corrected chi connectivity index (χ2v) is 7.67. The van der Waals surface area contributed by atoms with Gasteiger partial charge in [-0.3, -0.25) is 15.1 Å². The molecule has 148 valence electrons. The molecule has 0 bridgehead atoms. The van der Waals surface area contributed by atoms with Crippen LogP contribution in [-0.4, -0.2) is 23.0 Å². The maximum Gasteiger partial charge on any atom is 0.416 e. The van der Waals surface area contributed by atoms with Crippen LogP contribution in [0.1, 0.15) is 48.7 Å². The van der Waals surface area contributed by atoms with Crippen molar-refractivity contribution in [2.75, 3.05) is 6.54 Å². The standard InChI is InChI=1S/C21H22F3N3O/c1-13-11-15(14-3-5-16(6-4-14)21(22,23)24)12-18(26-13)17-7-9-20(27-17)8-2-10-25-19(20)28/h3-6,11-12,17,27H,2,7-10H2,1H3,(H,25,28). The number of rotatable bonds is 2. The third-order valence-corrected chi connectivity index (χ3v) is 5.69. The van der Waals surface area contributed by atoms with Gasteiger partial charge in [-0.15, -0.1) is 0 Å². The van der Waals surface area contributed by atoms with Crippen LogP contribution in [0, 0.1) is 6.92 Å². The Morgan fingerprint density at radius 2 is 1.86 bits per heavy atom. The summed E-state index contributed by atoms with van der Waals surface area (Å²) in [7, 11) is 0. The largest absolute Gasteiger partial charge is 0.416 e. The Kier molecular flexibility index (Phi) is 4.65. The molecule has 2 atom stereocenters. The average Bonchev–Trinajstić information content (AvgIpc) is 3.08. The molecule has 4 nitrogen and oxygen atoms in total. The van der Waals surface area contributed by atoms with Crippen LogP contribution >= 0.6 is 0 Å². The lowest BCUT2D eigenvalue weighted by molar-refractivity contribution is -0.137. The normalized spacial score (nSPS) is 25.1. The highest BCUT2D eigenvalue weighted by atomic mass is 19.4. The molecule has 2 saturated heterocycles. The van der Waals surface area contributed by atoms with E-state index in [4.69, 9.17) is 0 Å². The van der Waals surface area contributed by atoms with E-state index in [1.54, 1.807) is 0 Å². The van der Waals surface area contributed by atoms with Gasteiger partial charge in [0.2, 0.25) is 5.91 Å². The molecule has 2 aromatic rings. The fourth-order valence-corrected chi connectivity index (χ4v) is 4.23. The van der Waals surface area contributed by atoms with Crippen molar-refractivity contribution in [2.45, 2.75) is 50.4 Å². The number of carbonyl (C=O) groups is 1. The van der Waals surface area contributed by atoms with E-state index in [0.29, 0.717) is 12.1 Å². The molecule has 0 aliphatic carbocycles. The number of nitrogens with one attached hydrogen (secondary N) is 2. The molecule has 2 N–H and O–H groups in total. The highest BCUT2D eigenvalue weighted by Gasteiger charge is 2.46. The summed E-state index contributed by atoms with van der Waals surface area (Å²) in [5.74, 6) is 0.0527. The van der Waals surface area contributed by atoms with Crippen LogP contribution in [-0.2, 0) is 11.0 Å². The number of nitrogens with zero attached hydrogens (tertiary/aromatic N) is 1. The van der Waals surface area contributed by atoms with Crippen LogP contribution in [0.15, 0.2) is 36.4 Å². The molecule has 2 fully saturated rings. The first-order valence-electron chi connectivity index (χ1n) is 9.49. The second-order valence-electron chi connectivity index (χ2n) is 7.67. The molecular formula is C21H22F3N3O. The predicted molar refractivity (Wildman–Crippen MR) is 99.5 cm³/mol. The number of benzene rings is 1. The lowest BCUT2D eigenvalue weighted by Crippen LogP contribution is -2.57. The second kappa shape index (κ2) is 6.88. The Hall–Kier alpha value is -2.41. The van der Waals surface area contributed by atoms with E-state index < -0.39 is 17.3 Å².